The van der Waals surface area contributed by atoms with Crippen LogP contribution in [-0.2, 0) is 14.9 Å². The van der Waals surface area contributed by atoms with Crippen LogP contribution in [0.4, 0.5) is 0 Å². The number of rotatable bonds is 2. The van der Waals surface area contributed by atoms with E-state index in [4.69, 9.17) is 4.74 Å². The van der Waals surface area contributed by atoms with Gasteiger partial charge in [0.25, 0.3) is 0 Å². The van der Waals surface area contributed by atoms with Crippen molar-refractivity contribution in [2.45, 2.75) is 11.8 Å². The summed E-state index contributed by atoms with van der Waals surface area (Å²) in [4.78, 5) is 10.5. The average Bonchev–Trinajstić information content (AvgIpc) is 2.26. The summed E-state index contributed by atoms with van der Waals surface area (Å²) in [6.45, 7) is 1.29. The molecule has 94 valence electrons. The van der Waals surface area contributed by atoms with Gasteiger partial charge in [0.15, 0.2) is 0 Å². The van der Waals surface area contributed by atoms with E-state index in [0.717, 1.165) is 0 Å². The molecule has 0 aromatic heterocycles. The first-order valence-electron chi connectivity index (χ1n) is 5.04. The molecule has 0 spiro atoms. The number of hydrogen-bond acceptors (Lipinski definition) is 5. The number of fused-ring (bicyclic) bond motifs is 1. The highest BCUT2D eigenvalue weighted by Crippen LogP contribution is 2.23. The molecular weight excluding hydrogens is 256 g/mol. The number of carbonyl (C=O) groups excluding carboxylic acids is 1. The van der Waals surface area contributed by atoms with Gasteiger partial charge >= 0.3 is 5.97 Å². The smallest absolute Gasteiger partial charge is 0.308 e. The molecule has 0 unspecified atom stereocenters. The van der Waals surface area contributed by atoms with Crippen LogP contribution >= 0.6 is 0 Å². The minimum atomic E-state index is -4.46. The van der Waals surface area contributed by atoms with Crippen LogP contribution in [-0.4, -0.2) is 18.9 Å². The minimum absolute atomic E-state index is 0.282. The molecule has 0 N–H and O–H groups in total. The molecule has 0 saturated carbocycles. The van der Waals surface area contributed by atoms with Crippen LogP contribution in [0.15, 0.2) is 41.3 Å². The molecule has 5 nitrogen and oxygen atoms in total. The third kappa shape index (κ3) is 2.66. The summed E-state index contributed by atoms with van der Waals surface area (Å²) in [5, 5.41) is 1.27. The standard InChI is InChI=1S/C12H10O5S/c1-8(13)17-11-4-2-10-7-12(18(14,15)16)5-3-9(10)6-11/h2-7H,1H3,(H,14,15,16)/p-1. The van der Waals surface area contributed by atoms with E-state index >= 15 is 0 Å². The molecule has 0 aliphatic heterocycles. The van der Waals surface area contributed by atoms with Crippen molar-refractivity contribution in [2.75, 3.05) is 0 Å². The van der Waals surface area contributed by atoms with Crippen LogP contribution in [0.5, 0.6) is 5.75 Å². The lowest BCUT2D eigenvalue weighted by Gasteiger charge is -2.08. The zero-order valence-electron chi connectivity index (χ0n) is 9.41. The van der Waals surface area contributed by atoms with Gasteiger partial charge in [0, 0.05) is 6.92 Å². The first kappa shape index (κ1) is 12.5. The summed E-state index contributed by atoms with van der Waals surface area (Å²) in [5.41, 5.74) is 0. The normalized spacial score (nSPS) is 11.4. The minimum Gasteiger partial charge on any atom is -0.744 e. The topological polar surface area (TPSA) is 83.5 Å². The summed E-state index contributed by atoms with van der Waals surface area (Å²) in [5.74, 6) is -0.0687. The maximum Gasteiger partial charge on any atom is 0.308 e. The molecule has 0 bridgehead atoms. The summed E-state index contributed by atoms with van der Waals surface area (Å²) in [6.07, 6.45) is 0. The lowest BCUT2D eigenvalue weighted by atomic mass is 10.1. The second-order valence-corrected chi connectivity index (χ2v) is 5.10. The van der Waals surface area contributed by atoms with Crippen molar-refractivity contribution in [1.82, 2.24) is 0 Å². The van der Waals surface area contributed by atoms with E-state index in [1.54, 1.807) is 12.1 Å². The van der Waals surface area contributed by atoms with Gasteiger partial charge in [0.05, 0.1) is 4.90 Å². The molecule has 0 atom stereocenters. The highest BCUT2D eigenvalue weighted by Gasteiger charge is 2.04. The lowest BCUT2D eigenvalue weighted by Crippen LogP contribution is -2.01. The molecule has 0 heterocycles. The average molecular weight is 265 g/mol. The summed E-state index contributed by atoms with van der Waals surface area (Å²) >= 11 is 0. The van der Waals surface area contributed by atoms with E-state index in [1.807, 2.05) is 0 Å². The van der Waals surface area contributed by atoms with E-state index in [0.29, 0.717) is 16.5 Å². The molecule has 0 radical (unpaired) electrons. The predicted molar refractivity (Wildman–Crippen MR) is 63.2 cm³/mol. The van der Waals surface area contributed by atoms with Crippen molar-refractivity contribution in [3.8, 4) is 5.75 Å². The Hall–Kier alpha value is -1.92. The van der Waals surface area contributed by atoms with Crippen LogP contribution in [0.25, 0.3) is 10.8 Å². The molecule has 0 saturated heterocycles. The fourth-order valence-electron chi connectivity index (χ4n) is 1.59. The summed E-state index contributed by atoms with van der Waals surface area (Å²) in [7, 11) is -4.46. The SMILES string of the molecule is CC(=O)Oc1ccc2cc(S(=O)(=O)[O-])ccc2c1. The highest BCUT2D eigenvalue weighted by atomic mass is 32.2. The van der Waals surface area contributed by atoms with Crippen molar-refractivity contribution in [2.24, 2.45) is 0 Å². The van der Waals surface area contributed by atoms with Crippen molar-refractivity contribution >= 4 is 26.9 Å². The van der Waals surface area contributed by atoms with Gasteiger partial charge in [-0.3, -0.25) is 4.79 Å². The van der Waals surface area contributed by atoms with Crippen molar-refractivity contribution in [3.05, 3.63) is 36.4 Å². The molecule has 0 amide bonds. The van der Waals surface area contributed by atoms with Gasteiger partial charge in [-0.25, -0.2) is 8.42 Å². The Morgan fingerprint density at radius 3 is 2.33 bits per heavy atom. The van der Waals surface area contributed by atoms with Gasteiger partial charge in [-0.2, -0.15) is 0 Å². The van der Waals surface area contributed by atoms with E-state index < -0.39 is 16.1 Å². The number of esters is 1. The third-order valence-corrected chi connectivity index (χ3v) is 3.16. The quantitative estimate of drug-likeness (QED) is 0.468. The van der Waals surface area contributed by atoms with Crippen LogP contribution in [0.1, 0.15) is 6.92 Å². The van der Waals surface area contributed by atoms with Crippen LogP contribution < -0.4 is 4.74 Å². The Bertz CT molecular complexity index is 718. The Balaban J connectivity index is 2.52. The second-order valence-electron chi connectivity index (χ2n) is 3.72. The van der Waals surface area contributed by atoms with Gasteiger partial charge in [0.2, 0.25) is 0 Å². The second kappa shape index (κ2) is 4.40. The van der Waals surface area contributed by atoms with E-state index in [1.165, 1.54) is 31.2 Å². The first-order valence-corrected chi connectivity index (χ1v) is 6.45. The van der Waals surface area contributed by atoms with Gasteiger partial charge in [0.1, 0.15) is 15.9 Å². The Morgan fingerprint density at radius 2 is 1.72 bits per heavy atom. The predicted octanol–water partition coefficient (Wildman–Crippen LogP) is 1.67. The Morgan fingerprint density at radius 1 is 1.11 bits per heavy atom. The van der Waals surface area contributed by atoms with Crippen LogP contribution in [0, 0.1) is 0 Å². The van der Waals surface area contributed by atoms with E-state index in [2.05, 4.69) is 0 Å². The number of benzene rings is 2. The fourth-order valence-corrected chi connectivity index (χ4v) is 2.09. The first-order chi connectivity index (χ1) is 8.36. The molecule has 0 fully saturated rings. The van der Waals surface area contributed by atoms with Gasteiger partial charge in [-0.05, 0) is 35.0 Å². The molecular formula is C12H9O5S-. The molecule has 0 aliphatic rings. The molecule has 0 aliphatic carbocycles. The Kier molecular flexibility index (Phi) is 3.06. The molecule has 2 aromatic carbocycles. The fraction of sp³-hybridized carbons (Fsp3) is 0.0833. The monoisotopic (exact) mass is 265 g/mol. The van der Waals surface area contributed by atoms with Crippen molar-refractivity contribution in [3.63, 3.8) is 0 Å². The van der Waals surface area contributed by atoms with Crippen molar-refractivity contribution in [1.29, 1.82) is 0 Å². The zero-order valence-corrected chi connectivity index (χ0v) is 10.2. The van der Waals surface area contributed by atoms with Crippen LogP contribution in [0.2, 0.25) is 0 Å². The number of hydrogen-bond donors (Lipinski definition) is 0. The van der Waals surface area contributed by atoms with Crippen molar-refractivity contribution < 1.29 is 22.5 Å². The molecule has 2 rings (SSSR count). The third-order valence-electron chi connectivity index (χ3n) is 2.33. The summed E-state index contributed by atoms with van der Waals surface area (Å²) in [6, 6.07) is 8.72. The van der Waals surface area contributed by atoms with E-state index in [-0.39, 0.29) is 4.90 Å². The van der Waals surface area contributed by atoms with Gasteiger partial charge < -0.3 is 9.29 Å². The maximum absolute atomic E-state index is 10.9. The van der Waals surface area contributed by atoms with E-state index in [9.17, 15) is 17.8 Å². The van der Waals surface area contributed by atoms with Crippen LogP contribution in [0.3, 0.4) is 0 Å². The maximum atomic E-state index is 10.9. The molecule has 18 heavy (non-hydrogen) atoms. The summed E-state index contributed by atoms with van der Waals surface area (Å²) < 4.78 is 37.5. The largest absolute Gasteiger partial charge is 0.744 e. The number of ether oxygens (including phenoxy) is 1. The van der Waals surface area contributed by atoms with Gasteiger partial charge in [-0.1, -0.05) is 12.1 Å². The highest BCUT2D eigenvalue weighted by molar-refractivity contribution is 7.85. The lowest BCUT2D eigenvalue weighted by molar-refractivity contribution is -0.131. The molecule has 2 aromatic rings. The molecule has 6 heteroatoms. The number of carbonyl (C=O) groups is 1. The van der Waals surface area contributed by atoms with Gasteiger partial charge in [-0.15, -0.1) is 0 Å². The Labute approximate surface area is 104 Å². The zero-order chi connectivity index (χ0) is 13.3.